The minimum atomic E-state index is -0.427. The fraction of sp³-hybridized carbons (Fsp3) is 0.600. The van der Waals surface area contributed by atoms with Crippen molar-refractivity contribution in [2.24, 2.45) is 5.41 Å². The molecule has 2 amide bonds. The number of ether oxygens (including phenoxy) is 2. The Morgan fingerprint density at radius 3 is 2.54 bits per heavy atom. The van der Waals surface area contributed by atoms with Crippen molar-refractivity contribution in [3.8, 4) is 11.5 Å². The van der Waals surface area contributed by atoms with Gasteiger partial charge in [-0.3, -0.25) is 9.59 Å². The molecule has 142 valence electrons. The predicted molar refractivity (Wildman–Crippen MR) is 98.3 cm³/mol. The molecule has 2 fully saturated rings. The molecule has 1 unspecified atom stereocenters. The third-order valence-electron chi connectivity index (χ3n) is 5.77. The molecule has 6 heteroatoms. The van der Waals surface area contributed by atoms with Gasteiger partial charge in [-0.25, -0.2) is 0 Å². The van der Waals surface area contributed by atoms with E-state index >= 15 is 0 Å². The Labute approximate surface area is 154 Å². The molecular formula is C20H28N2O4. The van der Waals surface area contributed by atoms with Crippen LogP contribution in [0.25, 0.3) is 0 Å². The summed E-state index contributed by atoms with van der Waals surface area (Å²) in [4.78, 5) is 27.0. The Hall–Kier alpha value is -2.24. The van der Waals surface area contributed by atoms with Crippen LogP contribution in [0.4, 0.5) is 0 Å². The lowest BCUT2D eigenvalue weighted by molar-refractivity contribution is -0.176. The van der Waals surface area contributed by atoms with E-state index in [1.807, 2.05) is 25.1 Å². The van der Waals surface area contributed by atoms with Crippen molar-refractivity contribution in [3.05, 3.63) is 23.8 Å². The molecular weight excluding hydrogens is 332 g/mol. The van der Waals surface area contributed by atoms with Crippen molar-refractivity contribution in [2.45, 2.75) is 45.1 Å². The maximum Gasteiger partial charge on any atom is 0.243 e. The normalized spacial score (nSPS) is 20.8. The zero-order chi connectivity index (χ0) is 18.7. The van der Waals surface area contributed by atoms with E-state index in [1.165, 1.54) is 0 Å². The number of amides is 2. The van der Waals surface area contributed by atoms with E-state index in [1.54, 1.807) is 19.1 Å². The molecule has 0 aromatic heterocycles. The molecule has 1 heterocycles. The number of hydrogen-bond donors (Lipinski definition) is 1. The molecule has 3 rings (SSSR count). The first-order valence-electron chi connectivity index (χ1n) is 9.37. The maximum absolute atomic E-state index is 12.8. The molecule has 1 saturated carbocycles. The summed E-state index contributed by atoms with van der Waals surface area (Å²) in [5, 5.41) is 3.03. The lowest BCUT2D eigenvalue weighted by Crippen LogP contribution is -2.72. The van der Waals surface area contributed by atoms with Crippen LogP contribution in [0.3, 0.4) is 0 Å². The van der Waals surface area contributed by atoms with E-state index in [4.69, 9.17) is 9.47 Å². The Morgan fingerprint density at radius 1 is 1.23 bits per heavy atom. The van der Waals surface area contributed by atoms with Gasteiger partial charge in [-0.15, -0.1) is 0 Å². The van der Waals surface area contributed by atoms with Gasteiger partial charge in [-0.1, -0.05) is 18.9 Å². The number of methoxy groups -OCH3 is 2. The summed E-state index contributed by atoms with van der Waals surface area (Å²) < 4.78 is 10.6. The summed E-state index contributed by atoms with van der Waals surface area (Å²) in [5.41, 5.74) is 0.638. The molecule has 6 nitrogen and oxygen atoms in total. The maximum atomic E-state index is 12.8. The van der Waals surface area contributed by atoms with Gasteiger partial charge in [0.15, 0.2) is 11.5 Å². The highest BCUT2D eigenvalue weighted by molar-refractivity contribution is 6.02. The number of likely N-dealkylation sites (N-methyl/N-ethyl adjacent to an activating group) is 1. The standard InChI is InChI=1S/C20H28N2O4/c1-4-22-17(20(19(22)24)10-5-6-11-20)18(23)21-12-9-14-7-8-15(25-2)16(13-14)26-3/h7-8,13,17H,4-6,9-12H2,1-3H3,(H,21,23). The topological polar surface area (TPSA) is 67.9 Å². The van der Waals surface area contributed by atoms with Gasteiger partial charge >= 0.3 is 0 Å². The summed E-state index contributed by atoms with van der Waals surface area (Å²) in [6.45, 7) is 3.06. The van der Waals surface area contributed by atoms with Gasteiger partial charge in [-0.05, 0) is 43.9 Å². The highest BCUT2D eigenvalue weighted by Gasteiger charge is 2.63. The number of likely N-dealkylation sites (tertiary alicyclic amines) is 1. The Morgan fingerprint density at radius 2 is 1.92 bits per heavy atom. The number of carbonyl (C=O) groups excluding carboxylic acids is 2. The van der Waals surface area contributed by atoms with Crippen LogP contribution in [0.2, 0.25) is 0 Å². The van der Waals surface area contributed by atoms with E-state index in [2.05, 4.69) is 5.32 Å². The molecule has 1 spiro atoms. The van der Waals surface area contributed by atoms with Gasteiger partial charge in [0.05, 0.1) is 19.6 Å². The van der Waals surface area contributed by atoms with E-state index in [-0.39, 0.29) is 17.9 Å². The van der Waals surface area contributed by atoms with Gasteiger partial charge in [0.2, 0.25) is 11.8 Å². The fourth-order valence-electron chi connectivity index (χ4n) is 4.43. The summed E-state index contributed by atoms with van der Waals surface area (Å²) in [5.74, 6) is 1.52. The molecule has 1 N–H and O–H groups in total. The molecule has 1 aliphatic heterocycles. The predicted octanol–water partition coefficient (Wildman–Crippen LogP) is 2.15. The Balaban J connectivity index is 1.59. The lowest BCUT2D eigenvalue weighted by atomic mass is 9.68. The number of nitrogens with zero attached hydrogens (tertiary/aromatic N) is 1. The largest absolute Gasteiger partial charge is 0.493 e. The van der Waals surface area contributed by atoms with Gasteiger partial charge in [0.1, 0.15) is 6.04 Å². The molecule has 1 aromatic carbocycles. The fourth-order valence-corrected chi connectivity index (χ4v) is 4.43. The summed E-state index contributed by atoms with van der Waals surface area (Å²) in [6, 6.07) is 5.46. The molecule has 1 aliphatic carbocycles. The SMILES string of the molecule is CCN1C(=O)C2(CCCC2)C1C(=O)NCCc1ccc(OC)c(OC)c1. The second-order valence-electron chi connectivity index (χ2n) is 7.09. The second-order valence-corrected chi connectivity index (χ2v) is 7.09. The Bertz CT molecular complexity index is 682. The van der Waals surface area contributed by atoms with Crippen LogP contribution in [0.1, 0.15) is 38.2 Å². The van der Waals surface area contributed by atoms with Crippen LogP contribution in [0.15, 0.2) is 18.2 Å². The number of carbonyl (C=O) groups is 2. The molecule has 0 bridgehead atoms. The third-order valence-corrected chi connectivity index (χ3v) is 5.77. The molecule has 26 heavy (non-hydrogen) atoms. The van der Waals surface area contributed by atoms with E-state index in [9.17, 15) is 9.59 Å². The molecule has 1 saturated heterocycles. The highest BCUT2D eigenvalue weighted by Crippen LogP contribution is 2.51. The van der Waals surface area contributed by atoms with E-state index < -0.39 is 5.41 Å². The summed E-state index contributed by atoms with van der Waals surface area (Å²) >= 11 is 0. The van der Waals surface area contributed by atoms with Crippen LogP contribution in [0.5, 0.6) is 11.5 Å². The number of benzene rings is 1. The lowest BCUT2D eigenvalue weighted by Gasteiger charge is -2.53. The van der Waals surface area contributed by atoms with Gasteiger partial charge < -0.3 is 19.7 Å². The van der Waals surface area contributed by atoms with Crippen LogP contribution < -0.4 is 14.8 Å². The van der Waals surface area contributed by atoms with Crippen molar-refractivity contribution in [3.63, 3.8) is 0 Å². The zero-order valence-electron chi connectivity index (χ0n) is 15.8. The molecule has 2 aliphatic rings. The zero-order valence-corrected chi connectivity index (χ0v) is 15.8. The quantitative estimate of drug-likeness (QED) is 0.757. The van der Waals surface area contributed by atoms with Crippen LogP contribution in [0, 0.1) is 5.41 Å². The molecule has 1 aromatic rings. The average molecular weight is 360 g/mol. The van der Waals surface area contributed by atoms with Crippen molar-refractivity contribution in [1.82, 2.24) is 10.2 Å². The van der Waals surface area contributed by atoms with Gasteiger partial charge in [0.25, 0.3) is 0 Å². The molecule has 1 atom stereocenters. The van der Waals surface area contributed by atoms with Crippen LogP contribution in [-0.2, 0) is 16.0 Å². The summed E-state index contributed by atoms with van der Waals surface area (Å²) in [6.07, 6.45) is 4.47. The van der Waals surface area contributed by atoms with Gasteiger partial charge in [-0.2, -0.15) is 0 Å². The second kappa shape index (κ2) is 7.56. The van der Waals surface area contributed by atoms with Crippen LogP contribution in [-0.4, -0.2) is 50.1 Å². The number of hydrogen-bond acceptors (Lipinski definition) is 4. The number of nitrogens with one attached hydrogen (secondary N) is 1. The van der Waals surface area contributed by atoms with E-state index in [0.29, 0.717) is 31.0 Å². The number of rotatable bonds is 7. The highest BCUT2D eigenvalue weighted by atomic mass is 16.5. The first-order chi connectivity index (χ1) is 12.6. The molecule has 0 radical (unpaired) electrons. The summed E-state index contributed by atoms with van der Waals surface area (Å²) in [7, 11) is 3.22. The van der Waals surface area contributed by atoms with Crippen molar-refractivity contribution >= 4 is 11.8 Å². The smallest absolute Gasteiger partial charge is 0.243 e. The van der Waals surface area contributed by atoms with E-state index in [0.717, 1.165) is 31.2 Å². The minimum absolute atomic E-state index is 0.0196. The van der Waals surface area contributed by atoms with Gasteiger partial charge in [0, 0.05) is 13.1 Å². The first-order valence-corrected chi connectivity index (χ1v) is 9.37. The van der Waals surface area contributed by atoms with Crippen molar-refractivity contribution < 1.29 is 19.1 Å². The Kier molecular flexibility index (Phi) is 5.39. The monoisotopic (exact) mass is 360 g/mol. The van der Waals surface area contributed by atoms with Crippen molar-refractivity contribution in [1.29, 1.82) is 0 Å². The van der Waals surface area contributed by atoms with Crippen molar-refractivity contribution in [2.75, 3.05) is 27.3 Å². The average Bonchev–Trinajstić information content (AvgIpc) is 3.17. The minimum Gasteiger partial charge on any atom is -0.493 e. The van der Waals surface area contributed by atoms with Crippen LogP contribution >= 0.6 is 0 Å². The first kappa shape index (κ1) is 18.5. The third kappa shape index (κ3) is 3.02. The number of β-lactam (4-membered cyclic amide) rings is 1.